The monoisotopic (exact) mass is 472 g/mol. The third kappa shape index (κ3) is 4.50. The zero-order valence-electron chi connectivity index (χ0n) is 19.1. The van der Waals surface area contributed by atoms with Crippen LogP contribution in [0, 0.1) is 0 Å². The average molecular weight is 473 g/mol. The highest BCUT2D eigenvalue weighted by Gasteiger charge is 2.39. The molecule has 10 nitrogen and oxygen atoms in total. The molecule has 0 bridgehead atoms. The van der Waals surface area contributed by atoms with Crippen LogP contribution in [0.3, 0.4) is 0 Å². The number of nitrogens with one attached hydrogen (secondary N) is 3. The van der Waals surface area contributed by atoms with Crippen LogP contribution in [0.4, 0.5) is 10.5 Å². The normalized spacial score (nSPS) is 17.2. The van der Waals surface area contributed by atoms with Crippen molar-refractivity contribution >= 4 is 29.4 Å². The van der Waals surface area contributed by atoms with Gasteiger partial charge in [-0.15, -0.1) is 0 Å². The van der Waals surface area contributed by atoms with Gasteiger partial charge in [-0.2, -0.15) is 5.10 Å². The first kappa shape index (κ1) is 22.3. The van der Waals surface area contributed by atoms with Gasteiger partial charge in [-0.05, 0) is 41.8 Å². The summed E-state index contributed by atoms with van der Waals surface area (Å²) in [7, 11) is 1.86. The van der Waals surface area contributed by atoms with Crippen LogP contribution in [-0.2, 0) is 29.7 Å². The number of amides is 5. The van der Waals surface area contributed by atoms with E-state index >= 15 is 0 Å². The number of hydrogen-bond acceptors (Lipinski definition) is 5. The molecule has 1 atom stereocenters. The molecule has 2 aromatic carbocycles. The van der Waals surface area contributed by atoms with E-state index < -0.39 is 11.9 Å². The third-order valence-corrected chi connectivity index (χ3v) is 6.28. The summed E-state index contributed by atoms with van der Waals surface area (Å²) in [5, 5.41) is 12.1. The number of piperidine rings is 1. The van der Waals surface area contributed by atoms with E-state index in [4.69, 9.17) is 0 Å². The van der Waals surface area contributed by atoms with E-state index in [1.54, 1.807) is 23.0 Å². The molecule has 10 heteroatoms. The van der Waals surface area contributed by atoms with Crippen molar-refractivity contribution in [3.05, 3.63) is 71.4 Å². The lowest BCUT2D eigenvalue weighted by atomic mass is 10.0. The smallest absolute Gasteiger partial charge is 0.319 e. The summed E-state index contributed by atoms with van der Waals surface area (Å²) >= 11 is 0. The molecule has 0 radical (unpaired) electrons. The first-order valence-corrected chi connectivity index (χ1v) is 11.3. The molecule has 2 aliphatic heterocycles. The van der Waals surface area contributed by atoms with Gasteiger partial charge in [-0.1, -0.05) is 24.3 Å². The van der Waals surface area contributed by atoms with Crippen molar-refractivity contribution in [3.63, 3.8) is 0 Å². The van der Waals surface area contributed by atoms with E-state index in [0.29, 0.717) is 24.2 Å². The number of hydrogen-bond donors (Lipinski definition) is 3. The summed E-state index contributed by atoms with van der Waals surface area (Å²) in [5.74, 6) is -0.973. The van der Waals surface area contributed by atoms with Crippen LogP contribution in [0.5, 0.6) is 0 Å². The third-order valence-electron chi connectivity index (χ3n) is 6.28. The number of aromatic nitrogens is 2. The van der Waals surface area contributed by atoms with Gasteiger partial charge in [-0.25, -0.2) is 4.79 Å². The van der Waals surface area contributed by atoms with Crippen LogP contribution in [0.2, 0.25) is 0 Å². The number of fused-ring (bicyclic) bond motifs is 1. The lowest BCUT2D eigenvalue weighted by Gasteiger charge is -2.29. The Labute approximate surface area is 201 Å². The second kappa shape index (κ2) is 9.05. The maximum atomic E-state index is 12.8. The minimum Gasteiger partial charge on any atom is -0.334 e. The summed E-state index contributed by atoms with van der Waals surface area (Å²) in [5.41, 5.74) is 4.69. The molecule has 178 valence electrons. The Kier molecular flexibility index (Phi) is 5.77. The standard InChI is InChI=1S/C25H24N6O4/c1-30-20(9-10-27-30)16-3-2-4-18(12-16)28-25(35)26-13-15-5-6-19-17(11-15)14-31(24(19)34)21-7-8-22(32)29-23(21)33/h2-6,9-12,21H,7-8,13-14H2,1H3,(H2,26,28,35)(H,29,32,33). The molecule has 0 spiro atoms. The Hall–Kier alpha value is -4.47. The summed E-state index contributed by atoms with van der Waals surface area (Å²) in [6.45, 7) is 0.564. The highest BCUT2D eigenvalue weighted by Crippen LogP contribution is 2.28. The average Bonchev–Trinajstić information content (AvgIpc) is 3.41. The fourth-order valence-corrected chi connectivity index (χ4v) is 4.51. The van der Waals surface area contributed by atoms with E-state index in [9.17, 15) is 19.2 Å². The number of carbonyl (C=O) groups is 4. The predicted octanol–water partition coefficient (Wildman–Crippen LogP) is 2.17. The van der Waals surface area contributed by atoms with Crippen molar-refractivity contribution < 1.29 is 19.2 Å². The molecule has 2 aliphatic rings. The summed E-state index contributed by atoms with van der Waals surface area (Å²) in [6.07, 6.45) is 2.25. The Morgan fingerprint density at radius 1 is 1.14 bits per heavy atom. The number of urea groups is 1. The fraction of sp³-hybridized carbons (Fsp3) is 0.240. The van der Waals surface area contributed by atoms with Gasteiger partial charge in [0, 0.05) is 49.6 Å². The number of aryl methyl sites for hydroxylation is 1. The van der Waals surface area contributed by atoms with Crippen molar-refractivity contribution in [2.24, 2.45) is 7.05 Å². The van der Waals surface area contributed by atoms with Crippen LogP contribution in [0.1, 0.15) is 34.3 Å². The maximum absolute atomic E-state index is 12.8. The number of carbonyl (C=O) groups excluding carboxylic acids is 4. The Balaban J connectivity index is 1.20. The molecule has 35 heavy (non-hydrogen) atoms. The van der Waals surface area contributed by atoms with Crippen molar-refractivity contribution in [2.45, 2.75) is 32.0 Å². The molecule has 1 fully saturated rings. The topological polar surface area (TPSA) is 125 Å². The molecule has 1 unspecified atom stereocenters. The SMILES string of the molecule is Cn1nccc1-c1cccc(NC(=O)NCc2ccc3c(c2)CN(C2CCC(=O)NC2=O)C3=O)c1. The molecule has 3 N–H and O–H groups in total. The van der Waals surface area contributed by atoms with Crippen LogP contribution in [-0.4, -0.2) is 44.5 Å². The van der Waals surface area contributed by atoms with Gasteiger partial charge in [0.15, 0.2) is 0 Å². The van der Waals surface area contributed by atoms with Gasteiger partial charge in [0.1, 0.15) is 6.04 Å². The lowest BCUT2D eigenvalue weighted by Crippen LogP contribution is -2.52. The molecule has 5 amide bonds. The van der Waals surface area contributed by atoms with Crippen LogP contribution < -0.4 is 16.0 Å². The molecular formula is C25H24N6O4. The van der Waals surface area contributed by atoms with Gasteiger partial charge < -0.3 is 15.5 Å². The number of rotatable bonds is 5. The van der Waals surface area contributed by atoms with E-state index in [-0.39, 0.29) is 30.8 Å². The first-order valence-electron chi connectivity index (χ1n) is 11.3. The minimum atomic E-state index is -0.651. The van der Waals surface area contributed by atoms with Gasteiger partial charge in [-0.3, -0.25) is 24.4 Å². The van der Waals surface area contributed by atoms with Crippen LogP contribution in [0.15, 0.2) is 54.7 Å². The zero-order valence-corrected chi connectivity index (χ0v) is 19.1. The van der Waals surface area contributed by atoms with E-state index in [1.807, 2.05) is 43.4 Å². The van der Waals surface area contributed by atoms with Crippen LogP contribution >= 0.6 is 0 Å². The quantitative estimate of drug-likeness (QED) is 0.491. The second-order valence-electron chi connectivity index (χ2n) is 8.62. The van der Waals surface area contributed by atoms with Gasteiger partial charge in [0.2, 0.25) is 11.8 Å². The summed E-state index contributed by atoms with van der Waals surface area (Å²) < 4.78 is 1.76. The Morgan fingerprint density at radius 2 is 2.00 bits per heavy atom. The fourth-order valence-electron chi connectivity index (χ4n) is 4.51. The zero-order chi connectivity index (χ0) is 24.5. The second-order valence-corrected chi connectivity index (χ2v) is 8.62. The Morgan fingerprint density at radius 3 is 2.77 bits per heavy atom. The molecule has 5 rings (SSSR count). The van der Waals surface area contributed by atoms with E-state index in [2.05, 4.69) is 21.0 Å². The van der Waals surface area contributed by atoms with E-state index in [1.165, 1.54) is 4.90 Å². The first-order chi connectivity index (χ1) is 16.9. The van der Waals surface area contributed by atoms with Crippen molar-refractivity contribution in [1.82, 2.24) is 25.3 Å². The van der Waals surface area contributed by atoms with Crippen LogP contribution in [0.25, 0.3) is 11.3 Å². The maximum Gasteiger partial charge on any atom is 0.319 e. The van der Waals surface area contributed by atoms with Gasteiger partial charge in [0.25, 0.3) is 5.91 Å². The molecule has 1 saturated heterocycles. The van der Waals surface area contributed by atoms with Crippen molar-refractivity contribution in [2.75, 3.05) is 5.32 Å². The van der Waals surface area contributed by atoms with Gasteiger partial charge >= 0.3 is 6.03 Å². The summed E-state index contributed by atoms with van der Waals surface area (Å²) in [4.78, 5) is 50.4. The number of nitrogens with zero attached hydrogens (tertiary/aromatic N) is 3. The minimum absolute atomic E-state index is 0.214. The molecule has 0 saturated carbocycles. The molecule has 1 aromatic heterocycles. The lowest BCUT2D eigenvalue weighted by molar-refractivity contribution is -0.136. The van der Waals surface area contributed by atoms with E-state index in [0.717, 1.165) is 22.4 Å². The van der Waals surface area contributed by atoms with Gasteiger partial charge in [0.05, 0.1) is 5.69 Å². The number of benzene rings is 2. The molecule has 0 aliphatic carbocycles. The Bertz CT molecular complexity index is 1350. The summed E-state index contributed by atoms with van der Waals surface area (Å²) in [6, 6.07) is 13.8. The van der Waals surface area contributed by atoms with Crippen molar-refractivity contribution in [3.8, 4) is 11.3 Å². The molecule has 3 heterocycles. The molecular weight excluding hydrogens is 448 g/mol. The van der Waals surface area contributed by atoms with Crippen molar-refractivity contribution in [1.29, 1.82) is 0 Å². The largest absolute Gasteiger partial charge is 0.334 e. The highest BCUT2D eigenvalue weighted by molar-refractivity contribution is 6.05. The molecule has 3 aromatic rings. The highest BCUT2D eigenvalue weighted by atomic mass is 16.2. The number of imide groups is 1. The number of anilines is 1. The predicted molar refractivity (Wildman–Crippen MR) is 127 cm³/mol.